The molecular formula is C15H21ClN4OS. The number of thiazole rings is 1. The van der Waals surface area contributed by atoms with Crippen LogP contribution in [0, 0.1) is 13.8 Å². The molecule has 1 atom stereocenters. The van der Waals surface area contributed by atoms with Gasteiger partial charge in [-0.15, -0.1) is 0 Å². The van der Waals surface area contributed by atoms with E-state index in [1.165, 1.54) is 12.0 Å². The largest absolute Gasteiger partial charge is 0.361 e. The maximum absolute atomic E-state index is 6.32. The molecule has 0 saturated carbocycles. The Balaban J connectivity index is 1.83. The van der Waals surface area contributed by atoms with E-state index < -0.39 is 0 Å². The second kappa shape index (κ2) is 6.18. The highest BCUT2D eigenvalue weighted by atomic mass is 35.5. The summed E-state index contributed by atoms with van der Waals surface area (Å²) in [4.78, 5) is 10.0. The van der Waals surface area contributed by atoms with E-state index in [-0.39, 0.29) is 0 Å². The highest BCUT2D eigenvalue weighted by molar-refractivity contribution is 7.16. The molecule has 3 heterocycles. The first-order chi connectivity index (χ1) is 10.5. The van der Waals surface area contributed by atoms with Crippen LogP contribution in [0.5, 0.6) is 0 Å². The molecular weight excluding hydrogens is 320 g/mol. The molecule has 0 aliphatic carbocycles. The Morgan fingerprint density at radius 3 is 2.77 bits per heavy atom. The fourth-order valence-corrected chi connectivity index (χ4v) is 4.31. The normalized spacial score (nSPS) is 19.0. The molecule has 0 unspecified atom stereocenters. The van der Waals surface area contributed by atoms with Crippen molar-refractivity contribution in [1.29, 1.82) is 0 Å². The molecule has 1 saturated heterocycles. The first kappa shape index (κ1) is 15.8. The van der Waals surface area contributed by atoms with Crippen molar-refractivity contribution in [2.24, 2.45) is 0 Å². The predicted octanol–water partition coefficient (Wildman–Crippen LogP) is 3.80. The molecule has 0 aromatic carbocycles. The molecule has 7 heteroatoms. The molecule has 0 amide bonds. The zero-order valence-corrected chi connectivity index (χ0v) is 15.0. The summed E-state index contributed by atoms with van der Waals surface area (Å²) >= 11 is 7.98. The van der Waals surface area contributed by atoms with Crippen LogP contribution in [0.2, 0.25) is 5.15 Å². The lowest BCUT2D eigenvalue weighted by Crippen LogP contribution is -2.23. The highest BCUT2D eigenvalue weighted by Crippen LogP contribution is 2.38. The molecule has 5 nitrogen and oxygen atoms in total. The van der Waals surface area contributed by atoms with Crippen molar-refractivity contribution in [2.75, 3.05) is 25.5 Å². The molecule has 22 heavy (non-hydrogen) atoms. The molecule has 1 aliphatic rings. The maximum Gasteiger partial charge on any atom is 0.186 e. The van der Waals surface area contributed by atoms with Gasteiger partial charge in [0.05, 0.1) is 10.6 Å². The van der Waals surface area contributed by atoms with Crippen molar-refractivity contribution in [1.82, 2.24) is 15.0 Å². The van der Waals surface area contributed by atoms with E-state index in [0.29, 0.717) is 11.2 Å². The van der Waals surface area contributed by atoms with Crippen molar-refractivity contribution < 1.29 is 4.52 Å². The van der Waals surface area contributed by atoms with Crippen molar-refractivity contribution in [2.45, 2.75) is 39.3 Å². The smallest absolute Gasteiger partial charge is 0.186 e. The molecule has 120 valence electrons. The fourth-order valence-electron chi connectivity index (χ4n) is 3.10. The van der Waals surface area contributed by atoms with Crippen LogP contribution in [0.15, 0.2) is 4.52 Å². The van der Waals surface area contributed by atoms with E-state index in [1.807, 2.05) is 32.8 Å². The van der Waals surface area contributed by atoms with Gasteiger partial charge in [0.25, 0.3) is 0 Å². The summed E-state index contributed by atoms with van der Waals surface area (Å²) in [5.74, 6) is 0.929. The second-order valence-corrected chi connectivity index (χ2v) is 7.39. The number of rotatable bonds is 4. The lowest BCUT2D eigenvalue weighted by atomic mass is 10.0. The first-order valence-corrected chi connectivity index (χ1v) is 8.66. The Labute approximate surface area is 139 Å². The molecule has 2 aromatic heterocycles. The molecule has 1 aliphatic heterocycles. The Bertz CT molecular complexity index is 647. The summed E-state index contributed by atoms with van der Waals surface area (Å²) in [6.45, 7) is 5.92. The minimum atomic E-state index is 0.368. The van der Waals surface area contributed by atoms with Gasteiger partial charge in [-0.1, -0.05) is 28.1 Å². The van der Waals surface area contributed by atoms with Crippen LogP contribution in [0.1, 0.15) is 40.8 Å². The first-order valence-electron chi connectivity index (χ1n) is 7.46. The van der Waals surface area contributed by atoms with E-state index in [2.05, 4.69) is 15.0 Å². The molecule has 0 N–H and O–H groups in total. The van der Waals surface area contributed by atoms with Crippen LogP contribution in [-0.2, 0) is 6.54 Å². The van der Waals surface area contributed by atoms with E-state index in [9.17, 15) is 0 Å². The van der Waals surface area contributed by atoms with Crippen LogP contribution in [0.4, 0.5) is 5.13 Å². The molecule has 3 rings (SSSR count). The van der Waals surface area contributed by atoms with Gasteiger partial charge in [0, 0.05) is 32.2 Å². The number of hydrogen-bond donors (Lipinski definition) is 0. The van der Waals surface area contributed by atoms with Crippen molar-refractivity contribution in [3.63, 3.8) is 0 Å². The van der Waals surface area contributed by atoms with Crippen molar-refractivity contribution in [3.05, 3.63) is 27.0 Å². The Morgan fingerprint density at radius 2 is 2.18 bits per heavy atom. The minimum Gasteiger partial charge on any atom is -0.361 e. The Kier molecular flexibility index (Phi) is 4.43. The average Bonchev–Trinajstić information content (AvgIpc) is 3.13. The SMILES string of the molecule is Cc1noc(C)c1[C@H]1CCCN1Cc1sc(N(C)C)nc1Cl. The Morgan fingerprint density at radius 1 is 1.41 bits per heavy atom. The zero-order valence-electron chi connectivity index (χ0n) is 13.4. The van der Waals surface area contributed by atoms with E-state index >= 15 is 0 Å². The second-order valence-electron chi connectivity index (χ2n) is 5.97. The number of hydrogen-bond acceptors (Lipinski definition) is 6. The van der Waals surface area contributed by atoms with E-state index in [4.69, 9.17) is 16.1 Å². The number of aryl methyl sites for hydroxylation is 2. The maximum atomic E-state index is 6.32. The standard InChI is InChI=1S/C15H21ClN4OS/c1-9-13(10(2)21-18-9)11-6-5-7-20(11)8-12-14(16)17-15(22-12)19(3)4/h11H,5-8H2,1-4H3/t11-/m1/s1. The van der Waals surface area contributed by atoms with Gasteiger partial charge < -0.3 is 9.42 Å². The summed E-state index contributed by atoms with van der Waals surface area (Å²) in [5.41, 5.74) is 2.24. The fraction of sp³-hybridized carbons (Fsp3) is 0.600. The van der Waals surface area contributed by atoms with Crippen LogP contribution >= 0.6 is 22.9 Å². The van der Waals surface area contributed by atoms with Gasteiger partial charge in [-0.2, -0.15) is 0 Å². The van der Waals surface area contributed by atoms with Gasteiger partial charge >= 0.3 is 0 Å². The third-order valence-electron chi connectivity index (χ3n) is 4.15. The molecule has 0 radical (unpaired) electrons. The zero-order chi connectivity index (χ0) is 15.9. The third kappa shape index (κ3) is 2.87. The van der Waals surface area contributed by atoms with E-state index in [1.54, 1.807) is 11.3 Å². The van der Waals surface area contributed by atoms with Crippen molar-refractivity contribution in [3.8, 4) is 0 Å². The van der Waals surface area contributed by atoms with Crippen LogP contribution in [0.3, 0.4) is 0 Å². The van der Waals surface area contributed by atoms with Gasteiger partial charge in [0.2, 0.25) is 0 Å². The van der Waals surface area contributed by atoms with Gasteiger partial charge in [0.1, 0.15) is 10.9 Å². The number of aromatic nitrogens is 2. The number of likely N-dealkylation sites (tertiary alicyclic amines) is 1. The molecule has 2 aromatic rings. The monoisotopic (exact) mass is 340 g/mol. The van der Waals surface area contributed by atoms with E-state index in [0.717, 1.165) is 41.0 Å². The van der Waals surface area contributed by atoms with Gasteiger partial charge in [-0.25, -0.2) is 4.98 Å². The van der Waals surface area contributed by atoms with Crippen LogP contribution < -0.4 is 4.90 Å². The number of halogens is 1. The average molecular weight is 341 g/mol. The lowest BCUT2D eigenvalue weighted by molar-refractivity contribution is 0.247. The van der Waals surface area contributed by atoms with Crippen LogP contribution in [0.25, 0.3) is 0 Å². The van der Waals surface area contributed by atoms with Crippen LogP contribution in [-0.4, -0.2) is 35.7 Å². The number of anilines is 1. The number of nitrogens with zero attached hydrogens (tertiary/aromatic N) is 4. The Hall–Kier alpha value is -1.11. The highest BCUT2D eigenvalue weighted by Gasteiger charge is 2.31. The van der Waals surface area contributed by atoms with Crippen molar-refractivity contribution >= 4 is 28.1 Å². The summed E-state index contributed by atoms with van der Waals surface area (Å²) in [5, 5.41) is 5.68. The van der Waals surface area contributed by atoms with Gasteiger partial charge in [0.15, 0.2) is 5.13 Å². The summed E-state index contributed by atoms with van der Waals surface area (Å²) in [6, 6.07) is 0.368. The summed E-state index contributed by atoms with van der Waals surface area (Å²) < 4.78 is 5.35. The predicted molar refractivity (Wildman–Crippen MR) is 89.8 cm³/mol. The quantitative estimate of drug-likeness (QED) is 0.847. The summed E-state index contributed by atoms with van der Waals surface area (Å²) in [7, 11) is 3.98. The minimum absolute atomic E-state index is 0.368. The third-order valence-corrected chi connectivity index (χ3v) is 5.79. The lowest BCUT2D eigenvalue weighted by Gasteiger charge is -2.23. The topological polar surface area (TPSA) is 45.4 Å². The molecule has 0 spiro atoms. The summed E-state index contributed by atoms with van der Waals surface area (Å²) in [6.07, 6.45) is 2.32. The molecule has 1 fully saturated rings. The van der Waals surface area contributed by atoms with Gasteiger partial charge in [-0.3, -0.25) is 4.90 Å². The van der Waals surface area contributed by atoms with Gasteiger partial charge in [-0.05, 0) is 33.2 Å². The molecule has 0 bridgehead atoms.